The Kier molecular flexibility index (Phi) is 11.6. The van der Waals surface area contributed by atoms with Gasteiger partial charge in [0.05, 0.1) is 29.7 Å². The molecule has 4 aliphatic rings. The molecule has 5 aromatic rings. The van der Waals surface area contributed by atoms with E-state index < -0.39 is 29.7 Å². The van der Waals surface area contributed by atoms with Crippen LogP contribution >= 0.6 is 0 Å². The summed E-state index contributed by atoms with van der Waals surface area (Å²) < 4.78 is 7.71. The molecule has 6 heterocycles. The molecule has 9 rings (SSSR count). The van der Waals surface area contributed by atoms with E-state index in [-0.39, 0.29) is 35.8 Å². The summed E-state index contributed by atoms with van der Waals surface area (Å²) >= 11 is 0. The summed E-state index contributed by atoms with van der Waals surface area (Å²) in [6.45, 7) is 9.31. The maximum atomic E-state index is 13.3. The minimum atomic E-state index is -1.00. The summed E-state index contributed by atoms with van der Waals surface area (Å²) in [6, 6.07) is 16.7. The highest BCUT2D eigenvalue weighted by atomic mass is 16.5. The number of aromatic nitrogens is 4. The first-order valence-electron chi connectivity index (χ1n) is 21.6. The number of aryl methyl sites for hydroxylation is 3. The maximum absolute atomic E-state index is 13.3. The summed E-state index contributed by atoms with van der Waals surface area (Å²) in [5, 5.41) is 17.7. The van der Waals surface area contributed by atoms with E-state index in [0.29, 0.717) is 57.5 Å². The van der Waals surface area contributed by atoms with Crippen LogP contribution in [-0.4, -0.2) is 111 Å². The standard InChI is InChI=1S/C46H51N11O6/c1-27-5-4-6-28(2)39(27)51-40-36-25-48-46(52-41(36)54(3)53-40)49-32-8-7-29-13-17-55(26-31(29)23-32)20-22-63-21-16-47-42(59)30-14-18-56(19-15-30)33-9-10-34-35(24-33)45(62)57(44(34)61)37-11-12-38(58)50-43(37)60/h4-10,23-25,30,37H,11-22,26H2,1-3H3,(H,47,59)(H,51,53)(H,48,49,52)(H,50,58,60). The molecule has 0 aliphatic carbocycles. The Bertz CT molecular complexity index is 2620. The van der Waals surface area contributed by atoms with Gasteiger partial charge < -0.3 is 25.6 Å². The Morgan fingerprint density at radius 2 is 1.67 bits per heavy atom. The van der Waals surface area contributed by atoms with Gasteiger partial charge in [0.15, 0.2) is 11.5 Å². The van der Waals surface area contributed by atoms with E-state index >= 15 is 0 Å². The number of para-hydroxylation sites is 1. The number of imide groups is 2. The predicted molar refractivity (Wildman–Crippen MR) is 236 cm³/mol. The molecule has 0 spiro atoms. The van der Waals surface area contributed by atoms with Crippen molar-refractivity contribution in [2.24, 2.45) is 13.0 Å². The van der Waals surface area contributed by atoms with Crippen LogP contribution in [0, 0.1) is 19.8 Å². The number of piperidine rings is 2. The fraction of sp³-hybridized carbons (Fsp3) is 0.391. The summed E-state index contributed by atoms with van der Waals surface area (Å²) in [7, 11) is 1.88. The molecule has 326 valence electrons. The zero-order valence-electron chi connectivity index (χ0n) is 35.7. The van der Waals surface area contributed by atoms with Gasteiger partial charge in [0, 0.05) is 81.9 Å². The van der Waals surface area contributed by atoms with Gasteiger partial charge in [0.25, 0.3) is 11.8 Å². The van der Waals surface area contributed by atoms with Crippen molar-refractivity contribution in [2.75, 3.05) is 61.5 Å². The smallest absolute Gasteiger partial charge is 0.262 e. The highest BCUT2D eigenvalue weighted by Gasteiger charge is 2.45. The van der Waals surface area contributed by atoms with Crippen molar-refractivity contribution in [1.82, 2.24) is 40.2 Å². The van der Waals surface area contributed by atoms with Gasteiger partial charge in [-0.25, -0.2) is 9.67 Å². The molecular formula is C46H51N11O6. The first-order valence-corrected chi connectivity index (χ1v) is 21.6. The number of ether oxygens (including phenoxy) is 1. The molecule has 0 bridgehead atoms. The van der Waals surface area contributed by atoms with Crippen LogP contribution in [0.1, 0.15) is 68.7 Å². The largest absolute Gasteiger partial charge is 0.378 e. The highest BCUT2D eigenvalue weighted by molar-refractivity contribution is 6.23. The predicted octanol–water partition coefficient (Wildman–Crippen LogP) is 4.28. The Labute approximate surface area is 364 Å². The molecule has 0 radical (unpaired) electrons. The summed E-state index contributed by atoms with van der Waals surface area (Å²) in [5.41, 5.74) is 8.82. The molecule has 2 fully saturated rings. The molecule has 0 saturated carbocycles. The topological polar surface area (TPSA) is 196 Å². The van der Waals surface area contributed by atoms with Crippen molar-refractivity contribution >= 4 is 69.4 Å². The SMILES string of the molecule is Cc1cccc(C)c1Nc1nn(C)c2nc(Nc3ccc4c(c3)CN(CCOCCNC(=O)C3CCN(c5ccc6c(c5)C(=O)N(C5CCC(=O)NC5=O)C6=O)CC3)CC4)ncc12. The normalized spacial score (nSPS) is 18.1. The number of carbonyl (C=O) groups is 5. The molecule has 1 unspecified atom stereocenters. The van der Waals surface area contributed by atoms with Crippen molar-refractivity contribution < 1.29 is 28.7 Å². The van der Waals surface area contributed by atoms with Gasteiger partial charge in [-0.2, -0.15) is 10.1 Å². The molecule has 63 heavy (non-hydrogen) atoms. The van der Waals surface area contributed by atoms with Gasteiger partial charge in [0.2, 0.25) is 23.7 Å². The van der Waals surface area contributed by atoms with E-state index in [1.165, 1.54) is 11.1 Å². The van der Waals surface area contributed by atoms with E-state index in [2.05, 4.69) is 80.2 Å². The third-order valence-electron chi connectivity index (χ3n) is 12.6. The second-order valence-corrected chi connectivity index (χ2v) is 16.8. The summed E-state index contributed by atoms with van der Waals surface area (Å²) in [6.07, 6.45) is 4.23. The Morgan fingerprint density at radius 3 is 2.46 bits per heavy atom. The molecule has 4 N–H and O–H groups in total. The molecule has 4 aliphatic heterocycles. The zero-order chi connectivity index (χ0) is 43.8. The van der Waals surface area contributed by atoms with E-state index in [0.717, 1.165) is 70.2 Å². The average Bonchev–Trinajstić information content (AvgIpc) is 3.72. The fourth-order valence-corrected chi connectivity index (χ4v) is 9.08. The lowest BCUT2D eigenvalue weighted by atomic mass is 9.95. The van der Waals surface area contributed by atoms with Crippen LogP contribution in [0.4, 0.5) is 28.8 Å². The molecule has 2 aromatic heterocycles. The second-order valence-electron chi connectivity index (χ2n) is 16.8. The van der Waals surface area contributed by atoms with Crippen molar-refractivity contribution in [1.29, 1.82) is 0 Å². The van der Waals surface area contributed by atoms with Gasteiger partial charge in [-0.05, 0) is 92.1 Å². The maximum Gasteiger partial charge on any atom is 0.262 e. The van der Waals surface area contributed by atoms with Crippen LogP contribution < -0.4 is 26.2 Å². The van der Waals surface area contributed by atoms with Crippen LogP contribution in [0.2, 0.25) is 0 Å². The van der Waals surface area contributed by atoms with Gasteiger partial charge in [-0.1, -0.05) is 24.3 Å². The molecule has 17 nitrogen and oxygen atoms in total. The molecule has 5 amide bonds. The average molecular weight is 854 g/mol. The van der Waals surface area contributed by atoms with E-state index in [9.17, 15) is 24.0 Å². The van der Waals surface area contributed by atoms with Crippen molar-refractivity contribution in [3.05, 3.63) is 94.2 Å². The molecule has 3 aromatic carbocycles. The number of benzene rings is 3. The molecule has 2 saturated heterocycles. The quantitative estimate of drug-likeness (QED) is 0.0970. The van der Waals surface area contributed by atoms with Crippen molar-refractivity contribution in [3.8, 4) is 0 Å². The molecule has 1 atom stereocenters. The third-order valence-corrected chi connectivity index (χ3v) is 12.6. The minimum Gasteiger partial charge on any atom is -0.378 e. The second kappa shape index (κ2) is 17.6. The van der Waals surface area contributed by atoms with E-state index in [4.69, 9.17) is 14.8 Å². The first-order chi connectivity index (χ1) is 30.5. The van der Waals surface area contributed by atoms with Crippen molar-refractivity contribution in [2.45, 2.75) is 58.5 Å². The van der Waals surface area contributed by atoms with Crippen LogP contribution in [-0.2, 0) is 39.1 Å². The fourth-order valence-electron chi connectivity index (χ4n) is 9.08. The van der Waals surface area contributed by atoms with Crippen LogP contribution in [0.25, 0.3) is 11.0 Å². The summed E-state index contributed by atoms with van der Waals surface area (Å²) in [5.74, 6) is -1.02. The Balaban J connectivity index is 0.698. The number of nitrogens with one attached hydrogen (secondary N) is 4. The van der Waals surface area contributed by atoms with Crippen molar-refractivity contribution in [3.63, 3.8) is 0 Å². The summed E-state index contributed by atoms with van der Waals surface area (Å²) in [4.78, 5) is 78.4. The highest BCUT2D eigenvalue weighted by Crippen LogP contribution is 2.33. The van der Waals surface area contributed by atoms with E-state index in [1.807, 2.05) is 13.1 Å². The number of nitrogens with zero attached hydrogens (tertiary/aromatic N) is 7. The Hall–Kier alpha value is -6.72. The van der Waals surface area contributed by atoms with Crippen LogP contribution in [0.5, 0.6) is 0 Å². The lowest BCUT2D eigenvalue weighted by molar-refractivity contribution is -0.136. The lowest BCUT2D eigenvalue weighted by Gasteiger charge is -2.33. The number of fused-ring (bicyclic) bond motifs is 3. The third kappa shape index (κ3) is 8.57. The minimum absolute atomic E-state index is 0.00511. The molecule has 17 heteroatoms. The molecular weight excluding hydrogens is 803 g/mol. The number of rotatable bonds is 13. The zero-order valence-corrected chi connectivity index (χ0v) is 35.7. The number of hydrogen-bond donors (Lipinski definition) is 4. The monoisotopic (exact) mass is 853 g/mol. The Morgan fingerprint density at radius 1 is 0.873 bits per heavy atom. The van der Waals surface area contributed by atoms with Crippen LogP contribution in [0.15, 0.2) is 60.8 Å². The van der Waals surface area contributed by atoms with Gasteiger partial charge >= 0.3 is 0 Å². The van der Waals surface area contributed by atoms with Crippen LogP contribution in [0.3, 0.4) is 0 Å². The van der Waals surface area contributed by atoms with Gasteiger partial charge in [-0.15, -0.1) is 0 Å². The van der Waals surface area contributed by atoms with Gasteiger partial charge in [0.1, 0.15) is 6.04 Å². The number of amides is 5. The number of hydrogen-bond acceptors (Lipinski definition) is 13. The first kappa shape index (κ1) is 41.6. The number of carbonyl (C=O) groups excluding carboxylic acids is 5. The van der Waals surface area contributed by atoms with E-state index in [1.54, 1.807) is 29.1 Å². The number of anilines is 5. The van der Waals surface area contributed by atoms with Gasteiger partial charge in [-0.3, -0.25) is 39.1 Å². The lowest BCUT2D eigenvalue weighted by Crippen LogP contribution is -2.54.